The molecule has 0 aliphatic rings. The fourth-order valence-electron chi connectivity index (χ4n) is 3.85. The molecule has 0 saturated heterocycles. The highest BCUT2D eigenvalue weighted by Gasteiger charge is 2.28. The highest BCUT2D eigenvalue weighted by Crippen LogP contribution is 2.29. The summed E-state index contributed by atoms with van der Waals surface area (Å²) in [6.45, 7) is 4.83. The number of nitrogens with one attached hydrogen (secondary N) is 1. The van der Waals surface area contributed by atoms with Crippen molar-refractivity contribution in [2.75, 3.05) is 6.54 Å². The smallest absolute Gasteiger partial charge is 0.242 e. The second-order valence-corrected chi connectivity index (χ2v) is 8.05. The number of hydrogen-bond donors (Lipinski definition) is 1. The first-order chi connectivity index (χ1) is 15.6. The third kappa shape index (κ3) is 6.30. The molecule has 0 aromatic heterocycles. The second kappa shape index (κ2) is 11.8. The van der Waals surface area contributed by atoms with E-state index in [-0.39, 0.29) is 17.7 Å². The Hall–Kier alpha value is -3.40. The zero-order chi connectivity index (χ0) is 22.8. The molecule has 3 rings (SSSR count). The average Bonchev–Trinajstić information content (AvgIpc) is 2.85. The van der Waals surface area contributed by atoms with Crippen LogP contribution in [0.15, 0.2) is 91.0 Å². The summed E-state index contributed by atoms with van der Waals surface area (Å²) < 4.78 is 0. The van der Waals surface area contributed by atoms with Crippen molar-refractivity contribution < 1.29 is 9.59 Å². The van der Waals surface area contributed by atoms with Crippen molar-refractivity contribution in [1.82, 2.24) is 10.2 Å². The summed E-state index contributed by atoms with van der Waals surface area (Å²) in [5.74, 6) is -0.230. The van der Waals surface area contributed by atoms with Gasteiger partial charge in [-0.15, -0.1) is 0 Å². The number of carbonyl (C=O) groups is 2. The molecule has 0 radical (unpaired) electrons. The standard InChI is InChI=1S/C28H32N2O2/c1-3-19-29-28(32)22(2)30(21-23-13-7-4-8-14-23)27(31)20-26(24-15-9-5-10-16-24)25-17-11-6-12-18-25/h4-18,22,26H,3,19-21H2,1-2H3,(H,29,32)/t22-/m0/s1. The molecule has 0 fully saturated rings. The number of carbonyl (C=O) groups excluding carboxylic acids is 2. The number of amides is 2. The number of rotatable bonds is 10. The minimum Gasteiger partial charge on any atom is -0.354 e. The van der Waals surface area contributed by atoms with Crippen LogP contribution >= 0.6 is 0 Å². The molecule has 0 aliphatic heterocycles. The highest BCUT2D eigenvalue weighted by atomic mass is 16.2. The van der Waals surface area contributed by atoms with E-state index in [1.54, 1.807) is 4.90 Å². The molecule has 0 spiro atoms. The summed E-state index contributed by atoms with van der Waals surface area (Å²) in [6, 6.07) is 29.5. The van der Waals surface area contributed by atoms with Crippen molar-refractivity contribution in [2.45, 2.75) is 45.2 Å². The SMILES string of the molecule is CCCNC(=O)[C@H](C)N(Cc1ccccc1)C(=O)CC(c1ccccc1)c1ccccc1. The molecule has 0 saturated carbocycles. The van der Waals surface area contributed by atoms with E-state index in [0.29, 0.717) is 19.5 Å². The Morgan fingerprint density at radius 3 is 1.81 bits per heavy atom. The summed E-state index contributed by atoms with van der Waals surface area (Å²) in [6.07, 6.45) is 1.15. The van der Waals surface area contributed by atoms with Gasteiger partial charge in [-0.25, -0.2) is 0 Å². The molecule has 0 aliphatic carbocycles. The van der Waals surface area contributed by atoms with Crippen LogP contribution in [0.25, 0.3) is 0 Å². The zero-order valence-corrected chi connectivity index (χ0v) is 18.9. The Morgan fingerprint density at radius 1 is 0.812 bits per heavy atom. The topological polar surface area (TPSA) is 49.4 Å². The molecule has 3 aromatic rings. The van der Waals surface area contributed by atoms with E-state index in [0.717, 1.165) is 23.1 Å². The summed E-state index contributed by atoms with van der Waals surface area (Å²) in [5.41, 5.74) is 3.19. The molecule has 4 nitrogen and oxygen atoms in total. The molecule has 4 heteroatoms. The van der Waals surface area contributed by atoms with Gasteiger partial charge in [-0.2, -0.15) is 0 Å². The van der Waals surface area contributed by atoms with Gasteiger partial charge in [-0.3, -0.25) is 9.59 Å². The van der Waals surface area contributed by atoms with Crippen LogP contribution in [-0.4, -0.2) is 29.3 Å². The maximum Gasteiger partial charge on any atom is 0.242 e. The van der Waals surface area contributed by atoms with Crippen LogP contribution in [0.5, 0.6) is 0 Å². The van der Waals surface area contributed by atoms with Gasteiger partial charge in [0, 0.05) is 25.4 Å². The lowest BCUT2D eigenvalue weighted by molar-refractivity contribution is -0.140. The van der Waals surface area contributed by atoms with Crippen molar-refractivity contribution in [3.05, 3.63) is 108 Å². The van der Waals surface area contributed by atoms with Gasteiger partial charge in [0.2, 0.25) is 11.8 Å². The van der Waals surface area contributed by atoms with E-state index >= 15 is 0 Å². The van der Waals surface area contributed by atoms with E-state index in [9.17, 15) is 9.59 Å². The molecule has 32 heavy (non-hydrogen) atoms. The molecule has 166 valence electrons. The Morgan fingerprint density at radius 2 is 1.31 bits per heavy atom. The quantitative estimate of drug-likeness (QED) is 0.485. The first kappa shape index (κ1) is 23.3. The summed E-state index contributed by atoms with van der Waals surface area (Å²) in [5, 5.41) is 2.94. The summed E-state index contributed by atoms with van der Waals surface area (Å²) in [4.78, 5) is 28.1. The van der Waals surface area contributed by atoms with E-state index in [1.807, 2.05) is 80.6 Å². The molecule has 1 N–H and O–H groups in total. The third-order valence-electron chi connectivity index (χ3n) is 5.69. The lowest BCUT2D eigenvalue weighted by Crippen LogP contribution is -2.48. The van der Waals surface area contributed by atoms with Gasteiger partial charge in [-0.05, 0) is 30.0 Å². The summed E-state index contributed by atoms with van der Waals surface area (Å²) in [7, 11) is 0. The lowest BCUT2D eigenvalue weighted by atomic mass is 9.88. The molecular weight excluding hydrogens is 396 g/mol. The first-order valence-electron chi connectivity index (χ1n) is 11.3. The van der Waals surface area contributed by atoms with Crippen LogP contribution in [0.2, 0.25) is 0 Å². The predicted molar refractivity (Wildman–Crippen MR) is 129 cm³/mol. The van der Waals surface area contributed by atoms with Gasteiger partial charge < -0.3 is 10.2 Å². The Balaban J connectivity index is 1.88. The van der Waals surface area contributed by atoms with Crippen LogP contribution < -0.4 is 5.32 Å². The predicted octanol–water partition coefficient (Wildman–Crippen LogP) is 5.15. The largest absolute Gasteiger partial charge is 0.354 e. The van der Waals surface area contributed by atoms with E-state index < -0.39 is 6.04 Å². The monoisotopic (exact) mass is 428 g/mol. The molecule has 0 heterocycles. The minimum atomic E-state index is -0.554. The fourth-order valence-corrected chi connectivity index (χ4v) is 3.85. The molecule has 2 amide bonds. The van der Waals surface area contributed by atoms with Gasteiger partial charge in [0.25, 0.3) is 0 Å². The number of benzene rings is 3. The van der Waals surface area contributed by atoms with Crippen LogP contribution in [0.3, 0.4) is 0 Å². The second-order valence-electron chi connectivity index (χ2n) is 8.05. The maximum absolute atomic E-state index is 13.7. The van der Waals surface area contributed by atoms with E-state index in [4.69, 9.17) is 0 Å². The van der Waals surface area contributed by atoms with Crippen molar-refractivity contribution >= 4 is 11.8 Å². The minimum absolute atomic E-state index is 0.0364. The van der Waals surface area contributed by atoms with Crippen LogP contribution in [0, 0.1) is 0 Å². The van der Waals surface area contributed by atoms with Crippen LogP contribution in [0.4, 0.5) is 0 Å². The highest BCUT2D eigenvalue weighted by molar-refractivity contribution is 5.87. The zero-order valence-electron chi connectivity index (χ0n) is 18.9. The van der Waals surface area contributed by atoms with Crippen molar-refractivity contribution in [3.63, 3.8) is 0 Å². The first-order valence-corrected chi connectivity index (χ1v) is 11.3. The van der Waals surface area contributed by atoms with Gasteiger partial charge in [-0.1, -0.05) is 97.9 Å². The van der Waals surface area contributed by atoms with Crippen molar-refractivity contribution in [3.8, 4) is 0 Å². The van der Waals surface area contributed by atoms with E-state index in [2.05, 4.69) is 29.6 Å². The summed E-state index contributed by atoms with van der Waals surface area (Å²) >= 11 is 0. The molecule has 0 bridgehead atoms. The normalized spacial score (nSPS) is 11.7. The van der Waals surface area contributed by atoms with Gasteiger partial charge in [0.05, 0.1) is 0 Å². The van der Waals surface area contributed by atoms with Gasteiger partial charge in [0.15, 0.2) is 0 Å². The van der Waals surface area contributed by atoms with E-state index in [1.165, 1.54) is 0 Å². The van der Waals surface area contributed by atoms with Crippen molar-refractivity contribution in [2.24, 2.45) is 0 Å². The average molecular weight is 429 g/mol. The molecule has 3 aromatic carbocycles. The number of nitrogens with zero attached hydrogens (tertiary/aromatic N) is 1. The maximum atomic E-state index is 13.7. The Kier molecular flexibility index (Phi) is 8.61. The lowest BCUT2D eigenvalue weighted by Gasteiger charge is -2.30. The third-order valence-corrected chi connectivity index (χ3v) is 5.69. The molecule has 1 atom stereocenters. The van der Waals surface area contributed by atoms with Crippen LogP contribution in [-0.2, 0) is 16.1 Å². The Labute approximate surface area is 191 Å². The Bertz CT molecular complexity index is 935. The van der Waals surface area contributed by atoms with Crippen molar-refractivity contribution in [1.29, 1.82) is 0 Å². The van der Waals surface area contributed by atoms with Crippen LogP contribution in [0.1, 0.15) is 49.3 Å². The van der Waals surface area contributed by atoms with Gasteiger partial charge in [0.1, 0.15) is 6.04 Å². The van der Waals surface area contributed by atoms with Gasteiger partial charge >= 0.3 is 0 Å². The number of hydrogen-bond acceptors (Lipinski definition) is 2. The molecular formula is C28H32N2O2. The molecule has 0 unspecified atom stereocenters. The fraction of sp³-hybridized carbons (Fsp3) is 0.286.